The van der Waals surface area contributed by atoms with Gasteiger partial charge in [0.15, 0.2) is 0 Å². The summed E-state index contributed by atoms with van der Waals surface area (Å²) in [4.78, 5) is 17.2. The largest absolute Gasteiger partial charge is 0.334 e. The lowest BCUT2D eigenvalue weighted by molar-refractivity contribution is 0.198. The number of hydrogen-bond acceptors (Lipinski definition) is 4. The van der Waals surface area contributed by atoms with Gasteiger partial charge in [-0.15, -0.1) is 11.3 Å². The fourth-order valence-electron chi connectivity index (χ4n) is 2.32. The van der Waals surface area contributed by atoms with Crippen LogP contribution >= 0.6 is 11.3 Å². The van der Waals surface area contributed by atoms with Crippen molar-refractivity contribution >= 4 is 17.4 Å². The Bertz CT molecular complexity index is 608. The van der Waals surface area contributed by atoms with Crippen molar-refractivity contribution < 1.29 is 4.79 Å². The van der Waals surface area contributed by atoms with Crippen LogP contribution in [0.25, 0.3) is 10.6 Å². The van der Waals surface area contributed by atoms with Crippen molar-refractivity contribution in [3.8, 4) is 10.6 Å². The maximum absolute atomic E-state index is 12.3. The second kappa shape index (κ2) is 8.12. The van der Waals surface area contributed by atoms with E-state index >= 15 is 0 Å². The minimum Gasteiger partial charge on any atom is -0.334 e. The monoisotopic (exact) mass is 335 g/mol. The van der Waals surface area contributed by atoms with Gasteiger partial charge in [-0.05, 0) is 38.0 Å². The summed E-state index contributed by atoms with van der Waals surface area (Å²) < 4.78 is 0. The van der Waals surface area contributed by atoms with E-state index in [9.17, 15) is 4.79 Å². The molecule has 23 heavy (non-hydrogen) atoms. The fourth-order valence-corrected chi connectivity index (χ4v) is 3.01. The molecule has 2 amide bonds. The van der Waals surface area contributed by atoms with Crippen LogP contribution in [0.3, 0.4) is 0 Å². The van der Waals surface area contributed by atoms with Crippen molar-refractivity contribution in [2.24, 2.45) is 0 Å². The molecule has 0 aliphatic carbocycles. The van der Waals surface area contributed by atoms with Crippen LogP contribution in [0.2, 0.25) is 0 Å². The number of aromatic nitrogens is 2. The predicted molar refractivity (Wildman–Crippen MR) is 94.5 cm³/mol. The van der Waals surface area contributed by atoms with Gasteiger partial charge < -0.3 is 15.1 Å². The van der Waals surface area contributed by atoms with Gasteiger partial charge in [0.05, 0.1) is 17.1 Å². The highest BCUT2D eigenvalue weighted by Crippen LogP contribution is 2.23. The number of carbonyl (C=O) groups excluding carboxylic acids is 1. The Morgan fingerprint density at radius 1 is 1.43 bits per heavy atom. The Balaban J connectivity index is 1.90. The van der Waals surface area contributed by atoms with E-state index < -0.39 is 0 Å². The predicted octanol–water partition coefficient (Wildman–Crippen LogP) is 2.62. The number of nitrogens with zero attached hydrogens (tertiary/aromatic N) is 3. The standard InChI is InChI=1S/C16H25N5OS/c1-5-12(10-20(2)3)17-16(22)21(4)11-13-9-14(19-18-13)15-7-6-8-23-15/h6-9,12H,5,10-11H2,1-4H3,(H,17,22)(H,18,19). The molecule has 6 nitrogen and oxygen atoms in total. The normalized spacial score (nSPS) is 12.4. The highest BCUT2D eigenvalue weighted by Gasteiger charge is 2.16. The summed E-state index contributed by atoms with van der Waals surface area (Å²) in [6, 6.07) is 6.12. The minimum absolute atomic E-state index is 0.0639. The first-order valence-electron chi connectivity index (χ1n) is 7.74. The maximum Gasteiger partial charge on any atom is 0.317 e. The minimum atomic E-state index is -0.0639. The van der Waals surface area contributed by atoms with Crippen molar-refractivity contribution in [1.82, 2.24) is 25.3 Å². The Labute approximate surface area is 141 Å². The first-order valence-corrected chi connectivity index (χ1v) is 8.62. The second-order valence-corrected chi connectivity index (χ2v) is 6.88. The number of urea groups is 1. The number of hydrogen-bond donors (Lipinski definition) is 2. The van der Waals surface area contributed by atoms with Crippen LogP contribution in [-0.4, -0.2) is 59.8 Å². The molecule has 0 bridgehead atoms. The Hall–Kier alpha value is -1.86. The van der Waals surface area contributed by atoms with Crippen molar-refractivity contribution in [2.45, 2.75) is 25.9 Å². The topological polar surface area (TPSA) is 64.3 Å². The molecular formula is C16H25N5OS. The highest BCUT2D eigenvalue weighted by molar-refractivity contribution is 7.13. The van der Waals surface area contributed by atoms with Crippen LogP contribution < -0.4 is 5.32 Å². The Morgan fingerprint density at radius 3 is 2.83 bits per heavy atom. The number of amides is 2. The molecule has 2 rings (SSSR count). The lowest BCUT2D eigenvalue weighted by Gasteiger charge is -2.24. The number of aromatic amines is 1. The quantitative estimate of drug-likeness (QED) is 0.817. The molecule has 0 radical (unpaired) electrons. The fraction of sp³-hybridized carbons (Fsp3) is 0.500. The molecule has 0 aliphatic heterocycles. The van der Waals surface area contributed by atoms with E-state index in [1.807, 2.05) is 37.7 Å². The van der Waals surface area contributed by atoms with E-state index in [2.05, 4.69) is 27.3 Å². The average molecular weight is 335 g/mol. The zero-order valence-corrected chi connectivity index (χ0v) is 15.0. The van der Waals surface area contributed by atoms with Crippen LogP contribution in [0, 0.1) is 0 Å². The van der Waals surface area contributed by atoms with E-state index in [1.54, 1.807) is 23.3 Å². The number of carbonyl (C=O) groups is 1. The Kier molecular flexibility index (Phi) is 6.18. The summed E-state index contributed by atoms with van der Waals surface area (Å²) >= 11 is 1.65. The summed E-state index contributed by atoms with van der Waals surface area (Å²) in [5.74, 6) is 0. The van der Waals surface area contributed by atoms with Gasteiger partial charge in [0.1, 0.15) is 5.69 Å². The third-order valence-corrected chi connectivity index (χ3v) is 4.46. The van der Waals surface area contributed by atoms with Gasteiger partial charge in [0, 0.05) is 19.6 Å². The van der Waals surface area contributed by atoms with Crippen LogP contribution in [0.4, 0.5) is 4.79 Å². The molecule has 2 aromatic rings. The summed E-state index contributed by atoms with van der Waals surface area (Å²) in [5, 5.41) is 12.4. The van der Waals surface area contributed by atoms with E-state index in [1.165, 1.54) is 0 Å². The third kappa shape index (κ3) is 5.07. The molecule has 7 heteroatoms. The van der Waals surface area contributed by atoms with Crippen LogP contribution in [0.5, 0.6) is 0 Å². The maximum atomic E-state index is 12.3. The second-order valence-electron chi connectivity index (χ2n) is 5.93. The van der Waals surface area contributed by atoms with E-state index in [-0.39, 0.29) is 12.1 Å². The first-order chi connectivity index (χ1) is 11.0. The molecule has 2 aromatic heterocycles. The van der Waals surface area contributed by atoms with Gasteiger partial charge in [-0.2, -0.15) is 5.10 Å². The van der Waals surface area contributed by atoms with Crippen LogP contribution in [0.15, 0.2) is 23.6 Å². The van der Waals surface area contributed by atoms with Gasteiger partial charge >= 0.3 is 6.03 Å². The highest BCUT2D eigenvalue weighted by atomic mass is 32.1. The van der Waals surface area contributed by atoms with E-state index in [0.29, 0.717) is 6.54 Å². The lowest BCUT2D eigenvalue weighted by Crippen LogP contribution is -2.46. The van der Waals surface area contributed by atoms with Gasteiger partial charge in [-0.1, -0.05) is 13.0 Å². The molecule has 2 heterocycles. The van der Waals surface area contributed by atoms with Crippen molar-refractivity contribution in [1.29, 1.82) is 0 Å². The number of rotatable bonds is 7. The third-order valence-electron chi connectivity index (χ3n) is 3.56. The zero-order valence-electron chi connectivity index (χ0n) is 14.2. The molecule has 0 saturated carbocycles. The van der Waals surface area contributed by atoms with Crippen molar-refractivity contribution in [3.63, 3.8) is 0 Å². The number of H-pyrrole nitrogens is 1. The van der Waals surface area contributed by atoms with Crippen molar-refractivity contribution in [2.75, 3.05) is 27.7 Å². The van der Waals surface area contributed by atoms with Gasteiger partial charge in [-0.3, -0.25) is 5.10 Å². The molecule has 2 N–H and O–H groups in total. The summed E-state index contributed by atoms with van der Waals surface area (Å²) in [6.07, 6.45) is 0.907. The summed E-state index contributed by atoms with van der Waals surface area (Å²) in [6.45, 7) is 3.42. The molecule has 0 fully saturated rings. The molecule has 0 spiro atoms. The molecule has 126 valence electrons. The summed E-state index contributed by atoms with van der Waals surface area (Å²) in [5.41, 5.74) is 1.84. The van der Waals surface area contributed by atoms with Gasteiger partial charge in [0.2, 0.25) is 0 Å². The molecule has 1 atom stereocenters. The first kappa shape index (κ1) is 17.5. The molecule has 0 aliphatic rings. The molecule has 0 aromatic carbocycles. The zero-order chi connectivity index (χ0) is 16.8. The smallest absolute Gasteiger partial charge is 0.317 e. The van der Waals surface area contributed by atoms with E-state index in [0.717, 1.165) is 29.2 Å². The Morgan fingerprint density at radius 2 is 2.22 bits per heavy atom. The number of nitrogens with one attached hydrogen (secondary N) is 2. The van der Waals surface area contributed by atoms with Crippen LogP contribution in [-0.2, 0) is 6.54 Å². The van der Waals surface area contributed by atoms with Gasteiger partial charge in [-0.25, -0.2) is 4.79 Å². The van der Waals surface area contributed by atoms with Crippen molar-refractivity contribution in [3.05, 3.63) is 29.3 Å². The van der Waals surface area contributed by atoms with Gasteiger partial charge in [0.25, 0.3) is 0 Å². The molecule has 1 unspecified atom stereocenters. The lowest BCUT2D eigenvalue weighted by atomic mass is 10.2. The molecular weight excluding hydrogens is 310 g/mol. The van der Waals surface area contributed by atoms with Crippen LogP contribution in [0.1, 0.15) is 19.0 Å². The molecule has 0 saturated heterocycles. The number of likely N-dealkylation sites (N-methyl/N-ethyl adjacent to an activating group) is 1. The van der Waals surface area contributed by atoms with E-state index in [4.69, 9.17) is 0 Å². The average Bonchev–Trinajstić information content (AvgIpc) is 3.16. The summed E-state index contributed by atoms with van der Waals surface area (Å²) in [7, 11) is 5.81. The SMILES string of the molecule is CCC(CN(C)C)NC(=O)N(C)Cc1cc(-c2cccs2)n[nH]1. The number of thiophene rings is 1.